The van der Waals surface area contributed by atoms with Gasteiger partial charge in [-0.25, -0.2) is 0 Å². The summed E-state index contributed by atoms with van der Waals surface area (Å²) in [5.74, 6) is 0. The molecule has 200 valence electrons. The van der Waals surface area contributed by atoms with E-state index in [4.69, 9.17) is 4.42 Å². The molecule has 0 atom stereocenters. The zero-order chi connectivity index (χ0) is 28.3. The number of rotatable bonds is 3. The summed E-state index contributed by atoms with van der Waals surface area (Å²) in [7, 11) is 0. The summed E-state index contributed by atoms with van der Waals surface area (Å²) in [4.78, 5) is 0. The molecule has 0 saturated heterocycles. The van der Waals surface area contributed by atoms with Crippen LogP contribution in [0.1, 0.15) is 0 Å². The molecule has 0 spiro atoms. The molecule has 1 heteroatoms. The van der Waals surface area contributed by atoms with Gasteiger partial charge in [-0.3, -0.25) is 0 Å². The second-order valence-corrected chi connectivity index (χ2v) is 11.2. The van der Waals surface area contributed by atoms with Crippen LogP contribution in [0.25, 0.3) is 87.6 Å². The Morgan fingerprint density at radius 2 is 0.744 bits per heavy atom. The number of hydrogen-bond donors (Lipinski definition) is 0. The van der Waals surface area contributed by atoms with E-state index >= 15 is 0 Å². The van der Waals surface area contributed by atoms with Gasteiger partial charge < -0.3 is 4.42 Å². The first-order chi connectivity index (χ1) is 21.3. The third-order valence-electron chi connectivity index (χ3n) is 8.88. The summed E-state index contributed by atoms with van der Waals surface area (Å²) < 4.78 is 6.36. The van der Waals surface area contributed by atoms with Crippen LogP contribution in [0, 0.1) is 0 Å². The molecule has 0 aliphatic heterocycles. The van der Waals surface area contributed by atoms with E-state index in [2.05, 4.69) is 146 Å². The summed E-state index contributed by atoms with van der Waals surface area (Å²) >= 11 is 0. The minimum Gasteiger partial charge on any atom is -0.455 e. The molecular weight excluding hydrogens is 520 g/mol. The molecule has 8 aromatic carbocycles. The van der Waals surface area contributed by atoms with Crippen molar-refractivity contribution in [2.75, 3.05) is 0 Å². The van der Waals surface area contributed by atoms with E-state index in [1.54, 1.807) is 0 Å². The molecule has 9 aromatic rings. The van der Waals surface area contributed by atoms with Crippen LogP contribution < -0.4 is 0 Å². The molecule has 0 saturated carbocycles. The zero-order valence-electron chi connectivity index (χ0n) is 23.4. The minimum absolute atomic E-state index is 0.928. The molecule has 43 heavy (non-hydrogen) atoms. The Hall–Kier alpha value is -5.66. The summed E-state index contributed by atoms with van der Waals surface area (Å²) in [6.07, 6.45) is 0. The molecule has 1 nitrogen and oxygen atoms in total. The van der Waals surface area contributed by atoms with Gasteiger partial charge in [0.05, 0.1) is 0 Å². The molecule has 0 amide bonds. The number of benzene rings is 8. The van der Waals surface area contributed by atoms with Crippen LogP contribution in [0.3, 0.4) is 0 Å². The third kappa shape index (κ3) is 3.65. The van der Waals surface area contributed by atoms with Gasteiger partial charge in [0, 0.05) is 16.2 Å². The summed E-state index contributed by atoms with van der Waals surface area (Å²) in [5, 5.41) is 9.75. The maximum absolute atomic E-state index is 6.36. The molecule has 0 bridgehead atoms. The smallest absolute Gasteiger partial charge is 0.143 e. The fourth-order valence-electron chi connectivity index (χ4n) is 6.96. The van der Waals surface area contributed by atoms with Gasteiger partial charge in [-0.05, 0) is 72.4 Å². The van der Waals surface area contributed by atoms with Crippen molar-refractivity contribution >= 4 is 54.3 Å². The summed E-state index contributed by atoms with van der Waals surface area (Å²) in [6.45, 7) is 0. The van der Waals surface area contributed by atoms with Gasteiger partial charge in [0.15, 0.2) is 0 Å². The number of hydrogen-bond acceptors (Lipinski definition) is 1. The van der Waals surface area contributed by atoms with Crippen molar-refractivity contribution in [3.05, 3.63) is 158 Å². The lowest BCUT2D eigenvalue weighted by atomic mass is 9.85. The minimum atomic E-state index is 0.928. The Balaban J connectivity index is 1.23. The van der Waals surface area contributed by atoms with E-state index in [1.165, 1.54) is 60.3 Å². The Bertz CT molecular complexity index is 2420. The highest BCUT2D eigenvalue weighted by atomic mass is 16.3. The highest BCUT2D eigenvalue weighted by molar-refractivity contribution is 6.21. The molecule has 0 aliphatic rings. The van der Waals surface area contributed by atoms with Gasteiger partial charge in [0.2, 0.25) is 0 Å². The van der Waals surface area contributed by atoms with Gasteiger partial charge in [-0.1, -0.05) is 146 Å². The predicted molar refractivity (Wildman–Crippen MR) is 183 cm³/mol. The van der Waals surface area contributed by atoms with E-state index in [9.17, 15) is 0 Å². The molecule has 1 heterocycles. The average molecular weight is 547 g/mol. The maximum Gasteiger partial charge on any atom is 0.143 e. The van der Waals surface area contributed by atoms with Crippen LogP contribution in [0.15, 0.2) is 162 Å². The SMILES string of the molecule is c1ccc(-c2c3ccccc3c(-c3ccc(-c4cccc5c4ccc4c6ccccc6oc54)cc3)c3ccccc23)cc1. The second-order valence-electron chi connectivity index (χ2n) is 11.2. The summed E-state index contributed by atoms with van der Waals surface area (Å²) in [5.41, 5.74) is 9.31. The van der Waals surface area contributed by atoms with Gasteiger partial charge in [-0.15, -0.1) is 0 Å². The highest BCUT2D eigenvalue weighted by Crippen LogP contribution is 2.44. The van der Waals surface area contributed by atoms with Crippen molar-refractivity contribution in [2.45, 2.75) is 0 Å². The first-order valence-corrected chi connectivity index (χ1v) is 14.8. The lowest BCUT2D eigenvalue weighted by Gasteiger charge is -2.18. The van der Waals surface area contributed by atoms with E-state index in [1.807, 2.05) is 12.1 Å². The number of fused-ring (bicyclic) bond motifs is 7. The third-order valence-corrected chi connectivity index (χ3v) is 8.88. The fourth-order valence-corrected chi connectivity index (χ4v) is 6.96. The van der Waals surface area contributed by atoms with Crippen molar-refractivity contribution in [3.8, 4) is 33.4 Å². The van der Waals surface area contributed by atoms with Crippen LogP contribution in [0.2, 0.25) is 0 Å². The molecule has 0 unspecified atom stereocenters. The molecule has 0 fully saturated rings. The number of furan rings is 1. The topological polar surface area (TPSA) is 13.1 Å². The second kappa shape index (κ2) is 9.44. The van der Waals surface area contributed by atoms with Crippen molar-refractivity contribution in [1.82, 2.24) is 0 Å². The van der Waals surface area contributed by atoms with Gasteiger partial charge in [0.1, 0.15) is 11.2 Å². The average Bonchev–Trinajstić information content (AvgIpc) is 3.47. The molecule has 1 aromatic heterocycles. The van der Waals surface area contributed by atoms with Crippen LogP contribution in [-0.4, -0.2) is 0 Å². The molecule has 0 radical (unpaired) electrons. The highest BCUT2D eigenvalue weighted by Gasteiger charge is 2.17. The van der Waals surface area contributed by atoms with Crippen molar-refractivity contribution in [1.29, 1.82) is 0 Å². The number of para-hydroxylation sites is 1. The first-order valence-electron chi connectivity index (χ1n) is 14.8. The standard InChI is InChI=1S/C42H26O/c1-2-11-28(12-3-1)40-33-14-4-6-16-35(33)41(36-17-7-5-15-34(36)40)29-23-21-27(22-24-29)30-18-10-19-37-31(30)25-26-38-32-13-8-9-20-39(32)43-42(37)38/h1-26H. The van der Waals surface area contributed by atoms with Gasteiger partial charge in [0.25, 0.3) is 0 Å². The van der Waals surface area contributed by atoms with Crippen LogP contribution >= 0.6 is 0 Å². The largest absolute Gasteiger partial charge is 0.455 e. The normalized spacial score (nSPS) is 11.7. The van der Waals surface area contributed by atoms with E-state index in [0.717, 1.165) is 27.3 Å². The fraction of sp³-hybridized carbons (Fsp3) is 0. The Labute approximate surface area is 249 Å². The Kier molecular flexibility index (Phi) is 5.27. The van der Waals surface area contributed by atoms with E-state index in [0.29, 0.717) is 0 Å². The van der Waals surface area contributed by atoms with Crippen molar-refractivity contribution in [2.24, 2.45) is 0 Å². The molecular formula is C42H26O. The van der Waals surface area contributed by atoms with Crippen LogP contribution in [0.4, 0.5) is 0 Å². The lowest BCUT2D eigenvalue weighted by molar-refractivity contribution is 0.672. The van der Waals surface area contributed by atoms with Gasteiger partial charge in [-0.2, -0.15) is 0 Å². The van der Waals surface area contributed by atoms with E-state index < -0.39 is 0 Å². The van der Waals surface area contributed by atoms with Crippen LogP contribution in [-0.2, 0) is 0 Å². The van der Waals surface area contributed by atoms with Crippen molar-refractivity contribution in [3.63, 3.8) is 0 Å². The van der Waals surface area contributed by atoms with E-state index in [-0.39, 0.29) is 0 Å². The zero-order valence-corrected chi connectivity index (χ0v) is 23.4. The molecule has 0 N–H and O–H groups in total. The Morgan fingerprint density at radius 1 is 0.279 bits per heavy atom. The Morgan fingerprint density at radius 3 is 1.40 bits per heavy atom. The lowest BCUT2D eigenvalue weighted by Crippen LogP contribution is -1.90. The van der Waals surface area contributed by atoms with Crippen molar-refractivity contribution < 1.29 is 4.42 Å². The van der Waals surface area contributed by atoms with Gasteiger partial charge >= 0.3 is 0 Å². The molecule has 0 aliphatic carbocycles. The predicted octanol–water partition coefficient (Wildman–Crippen LogP) is 12.0. The maximum atomic E-state index is 6.36. The first kappa shape index (κ1) is 24.0. The quantitative estimate of drug-likeness (QED) is 0.201. The van der Waals surface area contributed by atoms with Crippen LogP contribution in [0.5, 0.6) is 0 Å². The monoisotopic (exact) mass is 546 g/mol. The summed E-state index contributed by atoms with van der Waals surface area (Å²) in [6, 6.07) is 56.8. The molecule has 9 rings (SSSR count).